The Hall–Kier alpha value is -1.65. The van der Waals surface area contributed by atoms with E-state index in [1.807, 2.05) is 37.3 Å². The van der Waals surface area contributed by atoms with Gasteiger partial charge >= 0.3 is 0 Å². The van der Waals surface area contributed by atoms with Gasteiger partial charge in [0.25, 0.3) is 0 Å². The Morgan fingerprint density at radius 1 is 1.26 bits per heavy atom. The third kappa shape index (κ3) is 2.55. The molecule has 0 atom stereocenters. The molecule has 0 aliphatic rings. The minimum Gasteiger partial charge on any atom is -0.356 e. The average Bonchev–Trinajstić information content (AvgIpc) is 2.86. The Kier molecular flexibility index (Phi) is 3.36. The van der Waals surface area contributed by atoms with Gasteiger partial charge in [0, 0.05) is 11.2 Å². The molecule has 3 nitrogen and oxygen atoms in total. The van der Waals surface area contributed by atoms with Crippen LogP contribution in [0.25, 0.3) is 10.2 Å². The highest BCUT2D eigenvalue weighted by Gasteiger charge is 2.08. The molecular weight excluding hydrogens is 278 g/mol. The van der Waals surface area contributed by atoms with Crippen molar-refractivity contribution in [1.29, 1.82) is 0 Å². The maximum atomic E-state index is 6.10. The molecule has 3 aromatic rings. The molecule has 2 heterocycles. The number of thiazole rings is 1. The molecule has 1 aromatic carbocycles. The number of pyridine rings is 1. The van der Waals surface area contributed by atoms with Gasteiger partial charge in [-0.2, -0.15) is 0 Å². The summed E-state index contributed by atoms with van der Waals surface area (Å²) in [5, 5.41) is 4.95. The molecule has 1 N–H and O–H groups in total. The van der Waals surface area contributed by atoms with E-state index in [2.05, 4.69) is 15.3 Å². The molecule has 0 saturated carbocycles. The summed E-state index contributed by atoms with van der Waals surface area (Å²) in [5.74, 6) is 0. The van der Waals surface area contributed by atoms with Crippen LogP contribution in [0.5, 0.6) is 0 Å². The summed E-state index contributed by atoms with van der Waals surface area (Å²) in [6.45, 7) is 2.67. The van der Waals surface area contributed by atoms with Crippen molar-refractivity contribution in [3.63, 3.8) is 0 Å². The lowest BCUT2D eigenvalue weighted by Crippen LogP contribution is -2.00. The van der Waals surface area contributed by atoms with Crippen LogP contribution in [0.15, 0.2) is 36.5 Å². The molecule has 0 radical (unpaired) electrons. The SMILES string of the molecule is Cc1c(Cl)ccc2sc(NCc3ccccn3)nc12. The normalized spacial score (nSPS) is 10.8. The van der Waals surface area contributed by atoms with Crippen molar-refractivity contribution in [3.05, 3.63) is 52.8 Å². The Morgan fingerprint density at radius 2 is 2.16 bits per heavy atom. The minimum absolute atomic E-state index is 0.674. The lowest BCUT2D eigenvalue weighted by atomic mass is 10.2. The van der Waals surface area contributed by atoms with Crippen molar-refractivity contribution in [2.45, 2.75) is 13.5 Å². The van der Waals surface area contributed by atoms with E-state index in [1.165, 1.54) is 0 Å². The second kappa shape index (κ2) is 5.15. The summed E-state index contributed by atoms with van der Waals surface area (Å²) < 4.78 is 1.14. The van der Waals surface area contributed by atoms with Crippen LogP contribution in [0.2, 0.25) is 5.02 Å². The van der Waals surface area contributed by atoms with Gasteiger partial charge in [-0.3, -0.25) is 4.98 Å². The van der Waals surface area contributed by atoms with Crippen molar-refractivity contribution in [3.8, 4) is 0 Å². The molecule has 0 aliphatic heterocycles. The zero-order valence-electron chi connectivity index (χ0n) is 10.4. The van der Waals surface area contributed by atoms with E-state index < -0.39 is 0 Å². The highest BCUT2D eigenvalue weighted by atomic mass is 35.5. The Morgan fingerprint density at radius 3 is 2.95 bits per heavy atom. The van der Waals surface area contributed by atoms with Gasteiger partial charge in [-0.25, -0.2) is 4.98 Å². The third-order valence-corrected chi connectivity index (χ3v) is 4.28. The van der Waals surface area contributed by atoms with Crippen LogP contribution in [-0.2, 0) is 6.54 Å². The van der Waals surface area contributed by atoms with Crippen molar-refractivity contribution in [2.24, 2.45) is 0 Å². The summed E-state index contributed by atoms with van der Waals surface area (Å²) in [6.07, 6.45) is 1.79. The van der Waals surface area contributed by atoms with Gasteiger partial charge < -0.3 is 5.32 Å². The predicted octanol–water partition coefficient (Wildman–Crippen LogP) is 4.27. The van der Waals surface area contributed by atoms with Gasteiger partial charge in [-0.1, -0.05) is 29.0 Å². The smallest absolute Gasteiger partial charge is 0.184 e. The van der Waals surface area contributed by atoms with Crippen LogP contribution in [0, 0.1) is 6.92 Å². The second-order valence-electron chi connectivity index (χ2n) is 4.21. The molecule has 0 spiro atoms. The van der Waals surface area contributed by atoms with Gasteiger partial charge in [0.15, 0.2) is 5.13 Å². The molecular formula is C14H12ClN3S. The number of anilines is 1. The predicted molar refractivity (Wildman–Crippen MR) is 80.9 cm³/mol. The number of halogens is 1. The van der Waals surface area contributed by atoms with Crippen LogP contribution in [-0.4, -0.2) is 9.97 Å². The summed E-state index contributed by atoms with van der Waals surface area (Å²) >= 11 is 7.73. The molecule has 0 unspecified atom stereocenters. The lowest BCUT2D eigenvalue weighted by Gasteiger charge is -2.00. The standard InChI is InChI=1S/C14H12ClN3S/c1-9-11(15)5-6-12-13(9)18-14(19-12)17-8-10-4-2-3-7-16-10/h2-7H,8H2,1H3,(H,17,18). The summed E-state index contributed by atoms with van der Waals surface area (Å²) in [5.41, 5.74) is 3.00. The van der Waals surface area contributed by atoms with E-state index in [1.54, 1.807) is 17.5 Å². The molecule has 0 saturated heterocycles. The maximum Gasteiger partial charge on any atom is 0.184 e. The molecule has 0 amide bonds. The average molecular weight is 290 g/mol. The van der Waals surface area contributed by atoms with Crippen molar-refractivity contribution < 1.29 is 0 Å². The molecule has 0 aliphatic carbocycles. The number of aryl methyl sites for hydroxylation is 1. The van der Waals surface area contributed by atoms with Crippen molar-refractivity contribution in [1.82, 2.24) is 9.97 Å². The van der Waals surface area contributed by atoms with Crippen molar-refractivity contribution >= 4 is 38.3 Å². The lowest BCUT2D eigenvalue weighted by molar-refractivity contribution is 1.04. The van der Waals surface area contributed by atoms with Gasteiger partial charge in [0.05, 0.1) is 22.5 Å². The van der Waals surface area contributed by atoms with E-state index in [-0.39, 0.29) is 0 Å². The minimum atomic E-state index is 0.674. The maximum absolute atomic E-state index is 6.10. The van der Waals surface area contributed by atoms with Gasteiger partial charge in [0.1, 0.15) is 0 Å². The molecule has 96 valence electrons. The van der Waals surface area contributed by atoms with E-state index in [4.69, 9.17) is 11.6 Å². The van der Waals surface area contributed by atoms with E-state index in [9.17, 15) is 0 Å². The number of hydrogen-bond donors (Lipinski definition) is 1. The van der Waals surface area contributed by atoms with E-state index >= 15 is 0 Å². The fraction of sp³-hybridized carbons (Fsp3) is 0.143. The van der Waals surface area contributed by atoms with Gasteiger partial charge in [-0.05, 0) is 36.8 Å². The zero-order chi connectivity index (χ0) is 13.2. The first-order chi connectivity index (χ1) is 9.24. The first-order valence-electron chi connectivity index (χ1n) is 5.93. The van der Waals surface area contributed by atoms with Crippen molar-refractivity contribution in [2.75, 3.05) is 5.32 Å². The van der Waals surface area contributed by atoms with E-state index in [0.717, 1.165) is 31.6 Å². The molecule has 3 rings (SSSR count). The Labute approximate surface area is 120 Å². The summed E-state index contributed by atoms with van der Waals surface area (Å²) in [4.78, 5) is 8.86. The highest BCUT2D eigenvalue weighted by molar-refractivity contribution is 7.22. The van der Waals surface area contributed by atoms with Crippen LogP contribution in [0.3, 0.4) is 0 Å². The molecule has 19 heavy (non-hydrogen) atoms. The van der Waals surface area contributed by atoms with Gasteiger partial charge in [-0.15, -0.1) is 0 Å². The van der Waals surface area contributed by atoms with Crippen LogP contribution in [0.4, 0.5) is 5.13 Å². The monoisotopic (exact) mass is 289 g/mol. The topological polar surface area (TPSA) is 37.8 Å². The third-order valence-electron chi connectivity index (χ3n) is 2.89. The molecule has 2 aromatic heterocycles. The number of nitrogens with one attached hydrogen (secondary N) is 1. The molecule has 5 heteroatoms. The summed E-state index contributed by atoms with van der Waals surface area (Å²) in [7, 11) is 0. The summed E-state index contributed by atoms with van der Waals surface area (Å²) in [6, 6.07) is 9.80. The number of rotatable bonds is 3. The number of hydrogen-bond acceptors (Lipinski definition) is 4. The molecule has 0 bridgehead atoms. The number of fused-ring (bicyclic) bond motifs is 1. The fourth-order valence-electron chi connectivity index (χ4n) is 1.85. The highest BCUT2D eigenvalue weighted by Crippen LogP contribution is 2.31. The fourth-order valence-corrected chi connectivity index (χ4v) is 2.92. The van der Waals surface area contributed by atoms with Crippen LogP contribution >= 0.6 is 22.9 Å². The van der Waals surface area contributed by atoms with E-state index in [0.29, 0.717) is 6.54 Å². The second-order valence-corrected chi connectivity index (χ2v) is 5.65. The van der Waals surface area contributed by atoms with Gasteiger partial charge in [0.2, 0.25) is 0 Å². The number of aromatic nitrogens is 2. The quantitative estimate of drug-likeness (QED) is 0.782. The van der Waals surface area contributed by atoms with Crippen LogP contribution < -0.4 is 5.32 Å². The largest absolute Gasteiger partial charge is 0.356 e. The number of benzene rings is 1. The first-order valence-corrected chi connectivity index (χ1v) is 7.13. The Balaban J connectivity index is 1.84. The first kappa shape index (κ1) is 12.4. The number of nitrogens with zero attached hydrogens (tertiary/aromatic N) is 2. The molecule has 0 fully saturated rings. The zero-order valence-corrected chi connectivity index (χ0v) is 11.9. The Bertz CT molecular complexity index is 709. The van der Waals surface area contributed by atoms with Crippen LogP contribution in [0.1, 0.15) is 11.3 Å².